The highest BCUT2D eigenvalue weighted by atomic mass is 35.5. The second-order valence-electron chi connectivity index (χ2n) is 16.4. The standard InChI is InChI=1S/C17H23ClN2O3.C13H16ClNO.C10H18O5/c1-11-15(21)19-14(9-12-5-7-13(18)8-6-12)10-20(11)16(22)23-17(2,3)4;1-9-2-7-12(15-13(9)16)8-10-3-5-11(14)6-4-10;1-9(2,3)14-7(11)13-8(12)15-10(4,5)6/h5-8,11,14H,9-10H2,1-4H3,(H,19,21);3-6,9,12H,2,7-8H2,1H3,(H,15,16);1-6H3/t11-,14?;9-,12?;/m01./s1. The summed E-state index contributed by atoms with van der Waals surface area (Å²) in [6.07, 6.45) is 1.01. The Morgan fingerprint density at radius 2 is 1.06 bits per heavy atom. The van der Waals surface area contributed by atoms with Crippen molar-refractivity contribution in [2.24, 2.45) is 5.92 Å². The molecule has 3 amide bonds. The van der Waals surface area contributed by atoms with Crippen molar-refractivity contribution in [2.75, 3.05) is 6.54 Å². The summed E-state index contributed by atoms with van der Waals surface area (Å²) in [5, 5.41) is 7.44. The summed E-state index contributed by atoms with van der Waals surface area (Å²) in [5.74, 6) is 0.188. The van der Waals surface area contributed by atoms with Crippen LogP contribution in [-0.4, -0.2) is 76.6 Å². The van der Waals surface area contributed by atoms with Crippen molar-refractivity contribution in [3.63, 3.8) is 0 Å². The first-order valence-electron chi connectivity index (χ1n) is 18.0. The maximum atomic E-state index is 12.3. The highest BCUT2D eigenvalue weighted by molar-refractivity contribution is 6.30. The van der Waals surface area contributed by atoms with Gasteiger partial charge in [0, 0.05) is 28.5 Å². The summed E-state index contributed by atoms with van der Waals surface area (Å²) < 4.78 is 19.2. The van der Waals surface area contributed by atoms with Crippen molar-refractivity contribution in [3.05, 3.63) is 69.7 Å². The number of amides is 3. The summed E-state index contributed by atoms with van der Waals surface area (Å²) in [6.45, 7) is 19.6. The first kappa shape index (κ1) is 46.1. The number of benzene rings is 2. The minimum atomic E-state index is -1.06. The molecule has 2 unspecified atom stereocenters. The van der Waals surface area contributed by atoms with Gasteiger partial charge < -0.3 is 29.6 Å². The van der Waals surface area contributed by atoms with E-state index in [0.717, 1.165) is 29.8 Å². The predicted octanol–water partition coefficient (Wildman–Crippen LogP) is 8.68. The minimum Gasteiger partial charge on any atom is -0.444 e. The van der Waals surface area contributed by atoms with Gasteiger partial charge in [-0.2, -0.15) is 0 Å². The fraction of sp³-hybridized carbons (Fsp3) is 0.575. The van der Waals surface area contributed by atoms with E-state index in [1.54, 1.807) is 48.5 Å². The molecule has 0 aromatic heterocycles. The maximum absolute atomic E-state index is 12.3. The highest BCUT2D eigenvalue weighted by Gasteiger charge is 2.36. The monoisotopic (exact) mass is 793 g/mol. The zero-order valence-corrected chi connectivity index (χ0v) is 34.9. The molecule has 0 radical (unpaired) electrons. The second-order valence-corrected chi connectivity index (χ2v) is 17.3. The van der Waals surface area contributed by atoms with E-state index in [-0.39, 0.29) is 29.8 Å². The van der Waals surface area contributed by atoms with Gasteiger partial charge in [0.1, 0.15) is 22.8 Å². The number of nitrogens with zero attached hydrogens (tertiary/aromatic N) is 1. The summed E-state index contributed by atoms with van der Waals surface area (Å²) in [4.78, 5) is 59.5. The number of carbonyl (C=O) groups excluding carboxylic acids is 5. The van der Waals surface area contributed by atoms with Gasteiger partial charge in [0.25, 0.3) is 0 Å². The van der Waals surface area contributed by atoms with Crippen LogP contribution in [0.4, 0.5) is 14.4 Å². The molecule has 2 saturated heterocycles. The van der Waals surface area contributed by atoms with Crippen LogP contribution in [0, 0.1) is 5.92 Å². The third-order valence-electron chi connectivity index (χ3n) is 7.72. The molecule has 2 aromatic rings. The Labute approximate surface area is 329 Å². The molecule has 0 aliphatic carbocycles. The Bertz CT molecular complexity index is 1540. The molecular formula is C40H57Cl2N3O9. The van der Waals surface area contributed by atoms with E-state index in [0.29, 0.717) is 18.0 Å². The largest absolute Gasteiger partial charge is 0.519 e. The number of nitrogens with one attached hydrogen (secondary N) is 2. The number of hydrogen-bond acceptors (Lipinski definition) is 9. The van der Waals surface area contributed by atoms with Crippen LogP contribution in [0.5, 0.6) is 0 Å². The average Bonchev–Trinajstić information content (AvgIpc) is 3.01. The van der Waals surface area contributed by atoms with E-state index in [1.807, 2.05) is 76.2 Å². The highest BCUT2D eigenvalue weighted by Crippen LogP contribution is 2.20. The quantitative estimate of drug-likeness (QED) is 0.176. The Morgan fingerprint density at radius 3 is 1.46 bits per heavy atom. The Hall–Kier alpha value is -4.03. The van der Waals surface area contributed by atoms with Crippen molar-refractivity contribution in [1.29, 1.82) is 0 Å². The normalized spacial score (nSPS) is 20.1. The smallest absolute Gasteiger partial charge is 0.444 e. The van der Waals surface area contributed by atoms with Gasteiger partial charge in [0.05, 0.1) is 6.04 Å². The van der Waals surface area contributed by atoms with Crippen LogP contribution in [0.15, 0.2) is 48.5 Å². The van der Waals surface area contributed by atoms with Gasteiger partial charge in [-0.05, 0) is 130 Å². The molecule has 2 aromatic carbocycles. The summed E-state index contributed by atoms with van der Waals surface area (Å²) in [6, 6.07) is 14.9. The number of piperazine rings is 1. The molecule has 14 heteroatoms. The molecule has 0 bridgehead atoms. The van der Waals surface area contributed by atoms with Crippen molar-refractivity contribution in [2.45, 2.75) is 137 Å². The number of hydrogen-bond donors (Lipinski definition) is 2. The second kappa shape index (κ2) is 20.0. The van der Waals surface area contributed by atoms with E-state index in [4.69, 9.17) is 37.4 Å². The van der Waals surface area contributed by atoms with E-state index in [2.05, 4.69) is 15.4 Å². The summed E-state index contributed by atoms with van der Waals surface area (Å²) in [5.41, 5.74) is 0.303. The van der Waals surface area contributed by atoms with Crippen molar-refractivity contribution < 1.29 is 42.9 Å². The molecule has 2 N–H and O–H groups in total. The molecule has 300 valence electrons. The zero-order chi connectivity index (χ0) is 41.0. The number of rotatable bonds is 4. The fourth-order valence-electron chi connectivity index (χ4n) is 5.14. The molecule has 0 saturated carbocycles. The van der Waals surface area contributed by atoms with Crippen LogP contribution in [0.1, 0.15) is 100 Å². The fourth-order valence-corrected chi connectivity index (χ4v) is 5.40. The van der Waals surface area contributed by atoms with Crippen LogP contribution in [0.3, 0.4) is 0 Å². The molecule has 2 heterocycles. The Morgan fingerprint density at radius 1 is 0.648 bits per heavy atom. The lowest BCUT2D eigenvalue weighted by Crippen LogP contribution is -2.61. The summed E-state index contributed by atoms with van der Waals surface area (Å²) >= 11 is 11.7. The number of piperidine rings is 1. The predicted molar refractivity (Wildman–Crippen MR) is 209 cm³/mol. The van der Waals surface area contributed by atoms with Gasteiger partial charge >= 0.3 is 18.4 Å². The molecule has 4 rings (SSSR count). The third kappa shape index (κ3) is 18.3. The lowest BCUT2D eigenvalue weighted by Gasteiger charge is -2.38. The van der Waals surface area contributed by atoms with Crippen molar-refractivity contribution >= 4 is 53.4 Å². The summed E-state index contributed by atoms with van der Waals surface area (Å²) in [7, 11) is 0. The number of ether oxygens (including phenoxy) is 4. The number of carbonyl (C=O) groups is 5. The lowest BCUT2D eigenvalue weighted by molar-refractivity contribution is -0.130. The molecule has 12 nitrogen and oxygen atoms in total. The van der Waals surface area contributed by atoms with Crippen LogP contribution >= 0.6 is 23.2 Å². The van der Waals surface area contributed by atoms with Gasteiger partial charge in [-0.1, -0.05) is 54.4 Å². The van der Waals surface area contributed by atoms with Crippen molar-refractivity contribution in [3.8, 4) is 0 Å². The van der Waals surface area contributed by atoms with E-state index in [1.165, 1.54) is 10.5 Å². The SMILES string of the molecule is CC(C)(C)OC(=O)OC(=O)OC(C)(C)C.C[C@@H]1CCC(Cc2ccc(Cl)cc2)NC1=O.C[C@H]1C(=O)NC(Cc2ccc(Cl)cc2)CN1C(=O)OC(C)(C)C. The number of halogens is 2. The first-order chi connectivity index (χ1) is 24.8. The van der Waals surface area contributed by atoms with Crippen molar-refractivity contribution in [1.82, 2.24) is 15.5 Å². The molecule has 54 heavy (non-hydrogen) atoms. The topological polar surface area (TPSA) is 150 Å². The molecule has 4 atom stereocenters. The van der Waals surface area contributed by atoms with Crippen LogP contribution in [0.2, 0.25) is 10.0 Å². The van der Waals surface area contributed by atoms with Gasteiger partial charge in [-0.3, -0.25) is 14.5 Å². The van der Waals surface area contributed by atoms with E-state index >= 15 is 0 Å². The molecule has 2 fully saturated rings. The van der Waals surface area contributed by atoms with E-state index < -0.39 is 41.2 Å². The van der Waals surface area contributed by atoms with Gasteiger partial charge in [0.2, 0.25) is 11.8 Å². The van der Waals surface area contributed by atoms with Gasteiger partial charge in [0.15, 0.2) is 0 Å². The van der Waals surface area contributed by atoms with Gasteiger partial charge in [-0.15, -0.1) is 0 Å². The molecule has 2 aliphatic rings. The van der Waals surface area contributed by atoms with Crippen LogP contribution in [-0.2, 0) is 41.4 Å². The molecular weight excluding hydrogens is 737 g/mol. The first-order valence-corrected chi connectivity index (χ1v) is 18.8. The van der Waals surface area contributed by atoms with Crippen LogP contribution < -0.4 is 10.6 Å². The van der Waals surface area contributed by atoms with Crippen LogP contribution in [0.25, 0.3) is 0 Å². The lowest BCUT2D eigenvalue weighted by atomic mass is 9.92. The zero-order valence-electron chi connectivity index (χ0n) is 33.3. The van der Waals surface area contributed by atoms with E-state index in [9.17, 15) is 24.0 Å². The molecule has 2 aliphatic heterocycles. The average molecular weight is 795 g/mol. The Kier molecular flexibility index (Phi) is 17.1. The Balaban J connectivity index is 0.000000290. The minimum absolute atomic E-state index is 0.146. The maximum Gasteiger partial charge on any atom is 0.519 e. The van der Waals surface area contributed by atoms with Gasteiger partial charge in [-0.25, -0.2) is 14.4 Å². The molecule has 0 spiro atoms. The third-order valence-corrected chi connectivity index (χ3v) is 8.22.